The maximum Gasteiger partial charge on any atom is 0.0421 e. The lowest BCUT2D eigenvalue weighted by molar-refractivity contribution is 0.577. The molecular formula is C13H26OS. The molecule has 0 heterocycles. The van der Waals surface area contributed by atoms with Crippen LogP contribution in [0.2, 0.25) is 0 Å². The van der Waals surface area contributed by atoms with E-state index in [0.29, 0.717) is 0 Å². The van der Waals surface area contributed by atoms with Gasteiger partial charge in [-0.15, -0.1) is 0 Å². The Morgan fingerprint density at radius 1 is 0.933 bits per heavy atom. The Hall–Kier alpha value is -0.110. The zero-order valence-electron chi connectivity index (χ0n) is 10.3. The Labute approximate surface area is 97.8 Å². The molecule has 0 amide bonds. The number of rotatable bonds is 10. The number of allylic oxidation sites excluding steroid dienone is 1. The predicted molar refractivity (Wildman–Crippen MR) is 70.4 cm³/mol. The van der Waals surface area contributed by atoms with E-state index in [4.69, 9.17) is 0 Å². The normalized spacial score (nSPS) is 13.5. The van der Waals surface area contributed by atoms with Gasteiger partial charge >= 0.3 is 0 Å². The second-order valence-electron chi connectivity index (χ2n) is 4.13. The van der Waals surface area contributed by atoms with Gasteiger partial charge in [-0.3, -0.25) is 4.21 Å². The highest BCUT2D eigenvalue weighted by atomic mass is 32.2. The molecule has 0 aromatic rings. The van der Waals surface area contributed by atoms with Crippen LogP contribution in [0.1, 0.15) is 64.7 Å². The minimum Gasteiger partial charge on any atom is -0.255 e. The fraction of sp³-hybridized carbons (Fsp3) is 0.846. The van der Waals surface area contributed by atoms with Crippen LogP contribution >= 0.6 is 0 Å². The second-order valence-corrected chi connectivity index (χ2v) is 5.40. The molecular weight excluding hydrogens is 204 g/mol. The predicted octanol–water partition coefficient (Wildman–Crippen LogP) is 4.41. The lowest BCUT2D eigenvalue weighted by Gasteiger charge is -1.99. The lowest BCUT2D eigenvalue weighted by atomic mass is 10.1. The van der Waals surface area contributed by atoms with Crippen molar-refractivity contribution in [2.45, 2.75) is 64.7 Å². The molecule has 2 heteroatoms. The van der Waals surface area contributed by atoms with E-state index >= 15 is 0 Å². The third-order valence-corrected chi connectivity index (χ3v) is 3.09. The summed E-state index contributed by atoms with van der Waals surface area (Å²) in [5, 5.41) is 1.79. The Balaban J connectivity index is 3.02. The van der Waals surface area contributed by atoms with Gasteiger partial charge in [0.25, 0.3) is 0 Å². The zero-order chi connectivity index (χ0) is 11.4. The van der Waals surface area contributed by atoms with Gasteiger partial charge in [0.15, 0.2) is 0 Å². The van der Waals surface area contributed by atoms with Crippen molar-refractivity contribution in [1.82, 2.24) is 0 Å². The molecule has 0 bridgehead atoms. The molecule has 0 aliphatic carbocycles. The maximum absolute atomic E-state index is 10.7. The molecule has 1 atom stereocenters. The number of hydrogen-bond donors (Lipinski definition) is 0. The molecule has 0 aromatic heterocycles. The standard InChI is InChI=1S/C13H26OS/c1-3-4-5-6-7-8-9-10-11-12-13-15(2)14/h12-13H,3-11H2,1-2H3/b13-12+. The topological polar surface area (TPSA) is 17.1 Å². The van der Waals surface area contributed by atoms with Gasteiger partial charge in [-0.25, -0.2) is 0 Å². The lowest BCUT2D eigenvalue weighted by Crippen LogP contribution is -1.80. The van der Waals surface area contributed by atoms with Gasteiger partial charge in [-0.2, -0.15) is 0 Å². The van der Waals surface area contributed by atoms with Crippen molar-refractivity contribution in [1.29, 1.82) is 0 Å². The van der Waals surface area contributed by atoms with Crippen LogP contribution in [-0.4, -0.2) is 10.5 Å². The van der Waals surface area contributed by atoms with E-state index in [1.807, 2.05) is 6.08 Å². The van der Waals surface area contributed by atoms with E-state index < -0.39 is 10.8 Å². The molecule has 1 nitrogen and oxygen atoms in total. The molecule has 0 fully saturated rings. The van der Waals surface area contributed by atoms with Gasteiger partial charge in [0.05, 0.1) is 0 Å². The van der Waals surface area contributed by atoms with Crippen LogP contribution in [0, 0.1) is 0 Å². The highest BCUT2D eigenvalue weighted by Crippen LogP contribution is 2.09. The molecule has 0 aromatic carbocycles. The minimum absolute atomic E-state index is 0.759. The Kier molecular flexibility index (Phi) is 11.9. The summed E-state index contributed by atoms with van der Waals surface area (Å²) >= 11 is 0. The SMILES string of the molecule is CCCCCCCCCC/C=C/S(C)=O. The zero-order valence-corrected chi connectivity index (χ0v) is 11.2. The number of unbranched alkanes of at least 4 members (excludes halogenated alkanes) is 8. The summed E-state index contributed by atoms with van der Waals surface area (Å²) < 4.78 is 10.7. The second kappa shape index (κ2) is 12.0. The van der Waals surface area contributed by atoms with Crippen LogP contribution in [0.4, 0.5) is 0 Å². The third kappa shape index (κ3) is 13.9. The molecule has 0 N–H and O–H groups in total. The van der Waals surface area contributed by atoms with E-state index in [0.717, 1.165) is 6.42 Å². The van der Waals surface area contributed by atoms with Crippen molar-refractivity contribution in [2.24, 2.45) is 0 Å². The van der Waals surface area contributed by atoms with E-state index in [9.17, 15) is 4.21 Å². The molecule has 0 aliphatic rings. The van der Waals surface area contributed by atoms with Crippen LogP contribution in [0.3, 0.4) is 0 Å². The largest absolute Gasteiger partial charge is 0.255 e. The Morgan fingerprint density at radius 3 is 2.00 bits per heavy atom. The van der Waals surface area contributed by atoms with Crippen LogP contribution in [0.5, 0.6) is 0 Å². The molecule has 1 unspecified atom stereocenters. The van der Waals surface area contributed by atoms with E-state index in [1.165, 1.54) is 51.4 Å². The first-order valence-electron chi connectivity index (χ1n) is 6.26. The first kappa shape index (κ1) is 14.9. The van der Waals surface area contributed by atoms with Crippen LogP contribution in [0.15, 0.2) is 11.5 Å². The van der Waals surface area contributed by atoms with Gasteiger partial charge in [-0.05, 0) is 18.2 Å². The maximum atomic E-state index is 10.7. The summed E-state index contributed by atoms with van der Waals surface area (Å²) in [5.74, 6) is 0. The average Bonchev–Trinajstić information content (AvgIpc) is 2.20. The van der Waals surface area contributed by atoms with Crippen molar-refractivity contribution in [2.75, 3.05) is 6.26 Å². The number of hydrogen-bond acceptors (Lipinski definition) is 1. The first-order chi connectivity index (χ1) is 7.27. The van der Waals surface area contributed by atoms with E-state index in [1.54, 1.807) is 11.7 Å². The quantitative estimate of drug-likeness (QED) is 0.508. The molecule has 15 heavy (non-hydrogen) atoms. The summed E-state index contributed by atoms with van der Waals surface area (Å²) in [4.78, 5) is 0. The molecule has 0 rings (SSSR count). The molecule has 0 saturated heterocycles. The fourth-order valence-corrected chi connectivity index (χ4v) is 2.01. The summed E-state index contributed by atoms with van der Waals surface area (Å²) in [6.07, 6.45) is 15.7. The summed E-state index contributed by atoms with van der Waals surface area (Å²) in [5.41, 5.74) is 0. The van der Waals surface area contributed by atoms with Gasteiger partial charge in [0.2, 0.25) is 0 Å². The molecule has 90 valence electrons. The third-order valence-electron chi connectivity index (χ3n) is 2.51. The van der Waals surface area contributed by atoms with Crippen molar-refractivity contribution >= 4 is 10.8 Å². The van der Waals surface area contributed by atoms with Crippen molar-refractivity contribution in [3.05, 3.63) is 11.5 Å². The molecule has 0 saturated carbocycles. The summed E-state index contributed by atoms with van der Waals surface area (Å²) in [6, 6.07) is 0. The Morgan fingerprint density at radius 2 is 1.47 bits per heavy atom. The van der Waals surface area contributed by atoms with Gasteiger partial charge in [0.1, 0.15) is 0 Å². The first-order valence-corrected chi connectivity index (χ1v) is 7.88. The highest BCUT2D eigenvalue weighted by molar-refractivity contribution is 7.87. The van der Waals surface area contributed by atoms with Gasteiger partial charge in [0, 0.05) is 17.1 Å². The Bertz CT molecular complexity index is 175. The van der Waals surface area contributed by atoms with E-state index in [-0.39, 0.29) is 0 Å². The van der Waals surface area contributed by atoms with Crippen LogP contribution in [0.25, 0.3) is 0 Å². The van der Waals surface area contributed by atoms with Gasteiger partial charge in [-0.1, -0.05) is 57.9 Å². The molecule has 0 radical (unpaired) electrons. The van der Waals surface area contributed by atoms with Crippen molar-refractivity contribution in [3.8, 4) is 0 Å². The molecule has 0 aliphatic heterocycles. The van der Waals surface area contributed by atoms with Crippen molar-refractivity contribution in [3.63, 3.8) is 0 Å². The monoisotopic (exact) mass is 230 g/mol. The average molecular weight is 230 g/mol. The molecule has 0 spiro atoms. The fourth-order valence-electron chi connectivity index (χ4n) is 1.60. The summed E-state index contributed by atoms with van der Waals surface area (Å²) in [7, 11) is -0.759. The highest BCUT2D eigenvalue weighted by Gasteiger charge is 1.90. The van der Waals surface area contributed by atoms with Crippen LogP contribution < -0.4 is 0 Å². The summed E-state index contributed by atoms with van der Waals surface area (Å²) in [6.45, 7) is 2.25. The van der Waals surface area contributed by atoms with E-state index in [2.05, 4.69) is 6.92 Å². The smallest absolute Gasteiger partial charge is 0.0421 e. The minimum atomic E-state index is -0.759. The van der Waals surface area contributed by atoms with Crippen LogP contribution in [-0.2, 0) is 10.8 Å². The van der Waals surface area contributed by atoms with Crippen molar-refractivity contribution < 1.29 is 4.21 Å². The van der Waals surface area contributed by atoms with Gasteiger partial charge < -0.3 is 0 Å².